The van der Waals surface area contributed by atoms with Gasteiger partial charge in [-0.1, -0.05) is 18.2 Å². The van der Waals surface area contributed by atoms with Crippen molar-refractivity contribution < 1.29 is 9.47 Å². The number of halogens is 1. The van der Waals surface area contributed by atoms with E-state index in [0.29, 0.717) is 5.92 Å². The van der Waals surface area contributed by atoms with Crippen LogP contribution in [0.4, 0.5) is 0 Å². The molecule has 178 valence electrons. The van der Waals surface area contributed by atoms with Gasteiger partial charge in [-0.25, -0.2) is 4.98 Å². The van der Waals surface area contributed by atoms with Crippen LogP contribution in [-0.2, 0) is 9.47 Å². The van der Waals surface area contributed by atoms with Crippen molar-refractivity contribution >= 4 is 43.4 Å². The maximum Gasteiger partial charge on any atom is 0.163 e. The second kappa shape index (κ2) is 7.25. The molecule has 5 nitrogen and oxygen atoms in total. The fraction of sp³-hybridized carbons (Fsp3) is 0.379. The van der Waals surface area contributed by atoms with Gasteiger partial charge in [0.25, 0.3) is 0 Å². The fourth-order valence-corrected chi connectivity index (χ4v) is 6.90. The predicted octanol–water partition coefficient (Wildman–Crippen LogP) is 6.84. The molecule has 3 aromatic heterocycles. The molecule has 0 radical (unpaired) electrons. The van der Waals surface area contributed by atoms with E-state index in [4.69, 9.17) is 19.4 Å². The van der Waals surface area contributed by atoms with Crippen molar-refractivity contribution in [1.82, 2.24) is 14.5 Å². The molecule has 1 saturated heterocycles. The highest BCUT2D eigenvalue weighted by molar-refractivity contribution is 9.10. The van der Waals surface area contributed by atoms with Crippen molar-refractivity contribution in [2.75, 3.05) is 0 Å². The van der Waals surface area contributed by atoms with Gasteiger partial charge in [0.05, 0.1) is 23.4 Å². The number of hydrogen-bond donors (Lipinski definition) is 0. The molecule has 0 unspecified atom stereocenters. The van der Waals surface area contributed by atoms with Gasteiger partial charge in [0, 0.05) is 33.1 Å². The van der Waals surface area contributed by atoms with E-state index in [2.05, 4.69) is 76.1 Å². The standard InChI is InChI=1S/C29H28BrN3O2/c1-16(19-7-8-20-12-22(30)17(2)32-23(20)13-19)14-29-15-21(29)24(25-26(29)35-28(3,4)34-25)33-11-9-18-6-5-10-31-27(18)33/h5-14,21,24-26H,15H2,1-4H3/b16-14+/t21-,24-,25+,26+,29+/m1/s1. The lowest BCUT2D eigenvalue weighted by molar-refractivity contribution is -0.159. The summed E-state index contributed by atoms with van der Waals surface area (Å²) in [5.74, 6) is -0.137. The number of nitrogens with zero attached hydrogens (tertiary/aromatic N) is 3. The first-order valence-corrected chi connectivity index (χ1v) is 13.1. The summed E-state index contributed by atoms with van der Waals surface area (Å²) >= 11 is 3.60. The van der Waals surface area contributed by atoms with E-state index in [1.807, 2.05) is 33.0 Å². The number of allylic oxidation sites excluding steroid dienone is 1. The number of pyridine rings is 2. The second-order valence-corrected chi connectivity index (χ2v) is 11.7. The minimum absolute atomic E-state index is 0.00340. The third-order valence-electron chi connectivity index (χ3n) is 8.20. The molecule has 0 amide bonds. The molecular weight excluding hydrogens is 502 g/mol. The molecule has 3 fully saturated rings. The first kappa shape index (κ1) is 21.7. The summed E-state index contributed by atoms with van der Waals surface area (Å²) in [5.41, 5.74) is 5.49. The second-order valence-electron chi connectivity index (χ2n) is 10.9. The van der Waals surface area contributed by atoms with Gasteiger partial charge in [-0.3, -0.25) is 4.98 Å². The van der Waals surface area contributed by atoms with Crippen molar-refractivity contribution in [1.29, 1.82) is 0 Å². The van der Waals surface area contributed by atoms with E-state index in [1.54, 1.807) is 0 Å². The first-order valence-electron chi connectivity index (χ1n) is 12.3. The number of hydrogen-bond acceptors (Lipinski definition) is 4. The van der Waals surface area contributed by atoms with Gasteiger partial charge in [-0.05, 0) is 97.4 Å². The topological polar surface area (TPSA) is 49.2 Å². The highest BCUT2D eigenvalue weighted by atomic mass is 79.9. The molecule has 0 bridgehead atoms. The Bertz CT molecular complexity index is 1540. The fourth-order valence-electron chi connectivity index (χ4n) is 6.57. The van der Waals surface area contributed by atoms with Gasteiger partial charge >= 0.3 is 0 Å². The zero-order chi connectivity index (χ0) is 24.1. The summed E-state index contributed by atoms with van der Waals surface area (Å²) in [6.07, 6.45) is 7.64. The largest absolute Gasteiger partial charge is 0.344 e. The van der Waals surface area contributed by atoms with Crippen LogP contribution < -0.4 is 0 Å². The van der Waals surface area contributed by atoms with Gasteiger partial charge in [-0.15, -0.1) is 0 Å². The Labute approximate surface area is 213 Å². The molecule has 2 aliphatic carbocycles. The predicted molar refractivity (Wildman–Crippen MR) is 141 cm³/mol. The molecular formula is C29H28BrN3O2. The Balaban J connectivity index is 1.30. The number of benzene rings is 1. The third kappa shape index (κ3) is 3.19. The molecule has 3 aliphatic rings. The average Bonchev–Trinajstić information content (AvgIpc) is 3.08. The molecule has 5 atom stereocenters. The van der Waals surface area contributed by atoms with Crippen LogP contribution in [0.15, 0.2) is 65.4 Å². The summed E-state index contributed by atoms with van der Waals surface area (Å²) in [4.78, 5) is 9.50. The molecule has 6 heteroatoms. The van der Waals surface area contributed by atoms with E-state index in [-0.39, 0.29) is 23.7 Å². The van der Waals surface area contributed by atoms with Crippen molar-refractivity contribution in [3.05, 3.63) is 76.7 Å². The minimum atomic E-state index is -0.593. The molecule has 1 aromatic carbocycles. The Morgan fingerprint density at radius 2 is 2.00 bits per heavy atom. The molecule has 7 rings (SSSR count). The molecule has 2 saturated carbocycles. The highest BCUT2D eigenvalue weighted by Crippen LogP contribution is 2.72. The molecule has 0 spiro atoms. The molecule has 0 N–H and O–H groups in total. The highest BCUT2D eigenvalue weighted by Gasteiger charge is 2.75. The Morgan fingerprint density at radius 1 is 1.14 bits per heavy atom. The maximum atomic E-state index is 6.59. The molecule has 4 aromatic rings. The summed E-state index contributed by atoms with van der Waals surface area (Å²) in [5, 5.41) is 2.31. The summed E-state index contributed by atoms with van der Waals surface area (Å²) in [6, 6.07) is 15.2. The van der Waals surface area contributed by atoms with Crippen molar-refractivity contribution in [3.8, 4) is 0 Å². The van der Waals surface area contributed by atoms with Crippen LogP contribution >= 0.6 is 15.9 Å². The molecule has 35 heavy (non-hydrogen) atoms. The van der Waals surface area contributed by atoms with Crippen LogP contribution in [0.3, 0.4) is 0 Å². The van der Waals surface area contributed by atoms with Gasteiger partial charge < -0.3 is 14.0 Å². The smallest absolute Gasteiger partial charge is 0.163 e. The Kier molecular flexibility index (Phi) is 4.50. The Hall–Kier alpha value is -2.54. The van der Waals surface area contributed by atoms with Gasteiger partial charge in [0.15, 0.2) is 5.79 Å². The zero-order valence-electron chi connectivity index (χ0n) is 20.3. The SMILES string of the molecule is C/C(=C\[C@]12C[C@@H]1[C@@H](n1ccc3cccnc31)[C@@H]1OC(C)(C)O[C@@H]12)c1ccc2cc(Br)c(C)nc2c1. The van der Waals surface area contributed by atoms with Crippen molar-refractivity contribution in [2.24, 2.45) is 11.3 Å². The number of fused-ring (bicyclic) bond motifs is 5. The van der Waals surface area contributed by atoms with Gasteiger partial charge in [0.1, 0.15) is 11.8 Å². The molecule has 4 heterocycles. The normalized spacial score (nSPS) is 31.2. The summed E-state index contributed by atoms with van der Waals surface area (Å²) < 4.78 is 16.5. The maximum absolute atomic E-state index is 6.59. The molecule has 1 aliphatic heterocycles. The average molecular weight is 530 g/mol. The number of rotatable bonds is 3. The van der Waals surface area contributed by atoms with E-state index < -0.39 is 5.79 Å². The Morgan fingerprint density at radius 3 is 2.86 bits per heavy atom. The van der Waals surface area contributed by atoms with E-state index >= 15 is 0 Å². The van der Waals surface area contributed by atoms with E-state index in [0.717, 1.165) is 38.5 Å². The van der Waals surface area contributed by atoms with Crippen LogP contribution in [0.5, 0.6) is 0 Å². The lowest BCUT2D eigenvalue weighted by Gasteiger charge is -2.24. The van der Waals surface area contributed by atoms with Crippen LogP contribution in [-0.4, -0.2) is 32.5 Å². The minimum Gasteiger partial charge on any atom is -0.344 e. The van der Waals surface area contributed by atoms with Crippen LogP contribution in [0, 0.1) is 18.3 Å². The summed E-state index contributed by atoms with van der Waals surface area (Å²) in [6.45, 7) is 8.31. The monoisotopic (exact) mass is 529 g/mol. The quantitative estimate of drug-likeness (QED) is 0.291. The van der Waals surface area contributed by atoms with Gasteiger partial charge in [0.2, 0.25) is 0 Å². The zero-order valence-corrected chi connectivity index (χ0v) is 21.9. The van der Waals surface area contributed by atoms with Crippen LogP contribution in [0.1, 0.15) is 44.5 Å². The lowest BCUT2D eigenvalue weighted by atomic mass is 9.93. The van der Waals surface area contributed by atoms with Crippen LogP contribution in [0.2, 0.25) is 0 Å². The first-order chi connectivity index (χ1) is 16.8. The summed E-state index contributed by atoms with van der Waals surface area (Å²) in [7, 11) is 0. The van der Waals surface area contributed by atoms with Crippen molar-refractivity contribution in [2.45, 2.75) is 58.2 Å². The van der Waals surface area contributed by atoms with Crippen LogP contribution in [0.25, 0.3) is 27.5 Å². The van der Waals surface area contributed by atoms with Gasteiger partial charge in [-0.2, -0.15) is 0 Å². The van der Waals surface area contributed by atoms with E-state index in [9.17, 15) is 0 Å². The number of aromatic nitrogens is 3. The number of aryl methyl sites for hydroxylation is 1. The third-order valence-corrected chi connectivity index (χ3v) is 9.00. The number of ether oxygens (including phenoxy) is 2. The van der Waals surface area contributed by atoms with Crippen molar-refractivity contribution in [3.63, 3.8) is 0 Å². The van der Waals surface area contributed by atoms with E-state index in [1.165, 1.54) is 11.1 Å². The lowest BCUT2D eigenvalue weighted by Crippen LogP contribution is -2.31.